The Morgan fingerprint density at radius 2 is 1.32 bits per heavy atom. The molecule has 0 aliphatic heterocycles. The second-order valence-electron chi connectivity index (χ2n) is 10.2. The average Bonchev–Trinajstić information content (AvgIpc) is 3.25. The number of ether oxygens (including phenoxy) is 1. The van der Waals surface area contributed by atoms with Crippen molar-refractivity contribution < 1.29 is 19.4 Å². The van der Waals surface area contributed by atoms with Crippen LogP contribution in [0, 0.1) is 6.92 Å². The van der Waals surface area contributed by atoms with E-state index in [4.69, 9.17) is 9.72 Å². The van der Waals surface area contributed by atoms with Gasteiger partial charge in [-0.15, -0.1) is 0 Å². The van der Waals surface area contributed by atoms with E-state index in [1.54, 1.807) is 20.8 Å². The fraction of sp³-hybridized carbons (Fsp3) is 0.258. The number of nitrogens with zero attached hydrogens (tertiary/aromatic N) is 2. The number of carbonyl (C=O) groups is 2. The van der Waals surface area contributed by atoms with Crippen molar-refractivity contribution in [3.8, 4) is 0 Å². The molecule has 0 unspecified atom stereocenters. The highest BCUT2D eigenvalue weighted by Crippen LogP contribution is 2.41. The maximum absolute atomic E-state index is 12.5. The highest BCUT2D eigenvalue weighted by atomic mass is 16.6. The molecule has 4 rings (SSSR count). The predicted octanol–water partition coefficient (Wildman–Crippen LogP) is 5.55. The number of imidazole rings is 1. The summed E-state index contributed by atoms with van der Waals surface area (Å²) in [5, 5.41) is 12.5. The minimum atomic E-state index is -1.24. The number of amides is 1. The first-order chi connectivity index (χ1) is 18.1. The van der Waals surface area contributed by atoms with E-state index in [0.29, 0.717) is 5.82 Å². The third kappa shape index (κ3) is 5.62. The Labute approximate surface area is 223 Å². The second kappa shape index (κ2) is 10.9. The van der Waals surface area contributed by atoms with E-state index in [1.807, 2.05) is 72.3 Å². The summed E-state index contributed by atoms with van der Waals surface area (Å²) in [7, 11) is 0. The molecule has 0 aliphatic rings. The zero-order chi connectivity index (χ0) is 27.3. The number of aliphatic carboxylic acids is 1. The van der Waals surface area contributed by atoms with Gasteiger partial charge in [0.15, 0.2) is 0 Å². The third-order valence-corrected chi connectivity index (χ3v) is 6.21. The van der Waals surface area contributed by atoms with Crippen LogP contribution in [-0.2, 0) is 21.5 Å². The number of hydrogen-bond donors (Lipinski definition) is 2. The van der Waals surface area contributed by atoms with E-state index in [-0.39, 0.29) is 6.42 Å². The molecule has 4 aromatic rings. The predicted molar refractivity (Wildman–Crippen MR) is 146 cm³/mol. The van der Waals surface area contributed by atoms with Gasteiger partial charge in [-0.1, -0.05) is 91.0 Å². The number of benzene rings is 3. The SMILES string of the molecule is Cc1cn(C(c2ccccc2)(c2ccccc2)c2ccccc2)c(C[C@H](NC(=O)OC(C)(C)C)C(=O)O)n1. The summed E-state index contributed by atoms with van der Waals surface area (Å²) >= 11 is 0. The van der Waals surface area contributed by atoms with Gasteiger partial charge in [-0.05, 0) is 44.4 Å². The van der Waals surface area contributed by atoms with Crippen LogP contribution in [0.25, 0.3) is 0 Å². The molecule has 1 atom stereocenters. The Hall–Kier alpha value is -4.39. The molecular formula is C31H33N3O4. The molecule has 0 aliphatic carbocycles. The zero-order valence-electron chi connectivity index (χ0n) is 22.1. The first-order valence-corrected chi connectivity index (χ1v) is 12.6. The molecule has 0 fully saturated rings. The topological polar surface area (TPSA) is 93.5 Å². The van der Waals surface area contributed by atoms with Crippen molar-refractivity contribution in [2.75, 3.05) is 0 Å². The van der Waals surface area contributed by atoms with E-state index in [0.717, 1.165) is 22.4 Å². The first-order valence-electron chi connectivity index (χ1n) is 12.6. The molecular weight excluding hydrogens is 478 g/mol. The molecule has 7 heteroatoms. The van der Waals surface area contributed by atoms with Crippen molar-refractivity contribution in [2.24, 2.45) is 0 Å². The largest absolute Gasteiger partial charge is 0.480 e. The summed E-state index contributed by atoms with van der Waals surface area (Å²) < 4.78 is 7.36. The summed E-state index contributed by atoms with van der Waals surface area (Å²) in [5.74, 6) is -0.657. The van der Waals surface area contributed by atoms with Crippen LogP contribution in [0.2, 0.25) is 0 Å². The van der Waals surface area contributed by atoms with Crippen LogP contribution in [-0.4, -0.2) is 38.4 Å². The van der Waals surface area contributed by atoms with Gasteiger partial charge < -0.3 is 19.7 Å². The Kier molecular flexibility index (Phi) is 7.67. The fourth-order valence-corrected chi connectivity index (χ4v) is 4.77. The number of nitrogens with one attached hydrogen (secondary N) is 1. The quantitative estimate of drug-likeness (QED) is 0.303. The summed E-state index contributed by atoms with van der Waals surface area (Å²) in [6.45, 7) is 7.06. The normalized spacial score (nSPS) is 12.5. The molecule has 2 N–H and O–H groups in total. The smallest absolute Gasteiger partial charge is 0.408 e. The number of rotatable bonds is 8. The van der Waals surface area contributed by atoms with Gasteiger partial charge in [-0.25, -0.2) is 14.6 Å². The Bertz CT molecular complexity index is 1280. The van der Waals surface area contributed by atoms with Crippen molar-refractivity contribution in [3.05, 3.63) is 125 Å². The molecule has 0 saturated heterocycles. The third-order valence-electron chi connectivity index (χ3n) is 6.21. The van der Waals surface area contributed by atoms with Crippen LogP contribution in [0.5, 0.6) is 0 Å². The van der Waals surface area contributed by atoms with Crippen LogP contribution < -0.4 is 5.32 Å². The number of aromatic nitrogens is 2. The Morgan fingerprint density at radius 1 is 0.868 bits per heavy atom. The molecule has 0 radical (unpaired) electrons. The molecule has 196 valence electrons. The van der Waals surface area contributed by atoms with Crippen molar-refractivity contribution >= 4 is 12.1 Å². The van der Waals surface area contributed by atoms with Crippen molar-refractivity contribution in [3.63, 3.8) is 0 Å². The van der Waals surface area contributed by atoms with Gasteiger partial charge in [0.2, 0.25) is 0 Å². The molecule has 0 bridgehead atoms. The summed E-state index contributed by atoms with van der Waals surface area (Å²) in [4.78, 5) is 29.5. The molecule has 7 nitrogen and oxygen atoms in total. The van der Waals surface area contributed by atoms with E-state index >= 15 is 0 Å². The average molecular weight is 512 g/mol. The fourth-order valence-electron chi connectivity index (χ4n) is 4.77. The van der Waals surface area contributed by atoms with E-state index in [2.05, 4.69) is 41.7 Å². The number of hydrogen-bond acceptors (Lipinski definition) is 4. The van der Waals surface area contributed by atoms with Crippen molar-refractivity contribution in [1.82, 2.24) is 14.9 Å². The van der Waals surface area contributed by atoms with Crippen LogP contribution in [0.15, 0.2) is 97.2 Å². The van der Waals surface area contributed by atoms with E-state index < -0.39 is 29.2 Å². The van der Waals surface area contributed by atoms with E-state index in [1.165, 1.54) is 0 Å². The number of carbonyl (C=O) groups excluding carboxylic acids is 1. The minimum absolute atomic E-state index is 0.0450. The highest BCUT2D eigenvalue weighted by Gasteiger charge is 2.40. The lowest BCUT2D eigenvalue weighted by molar-refractivity contribution is -0.139. The van der Waals surface area contributed by atoms with Gasteiger partial charge >= 0.3 is 12.1 Å². The number of alkyl carbamates (subject to hydrolysis) is 1. The first kappa shape index (κ1) is 26.7. The van der Waals surface area contributed by atoms with Gasteiger partial charge in [0.25, 0.3) is 0 Å². The van der Waals surface area contributed by atoms with Gasteiger partial charge in [0.1, 0.15) is 23.0 Å². The molecule has 1 heterocycles. The Morgan fingerprint density at radius 3 is 1.71 bits per heavy atom. The lowest BCUT2D eigenvalue weighted by Crippen LogP contribution is -2.46. The molecule has 0 saturated carbocycles. The number of carboxylic acid groups (broad SMARTS) is 1. The van der Waals surface area contributed by atoms with Crippen LogP contribution >= 0.6 is 0 Å². The Balaban J connectivity index is 1.92. The lowest BCUT2D eigenvalue weighted by Gasteiger charge is -2.38. The van der Waals surface area contributed by atoms with E-state index in [9.17, 15) is 14.7 Å². The minimum Gasteiger partial charge on any atom is -0.480 e. The maximum atomic E-state index is 12.5. The summed E-state index contributed by atoms with van der Waals surface area (Å²) in [6, 6.07) is 29.0. The van der Waals surface area contributed by atoms with Crippen LogP contribution in [0.3, 0.4) is 0 Å². The van der Waals surface area contributed by atoms with Crippen LogP contribution in [0.1, 0.15) is 49.0 Å². The molecule has 1 aromatic heterocycles. The standard InChI is InChI=1S/C31H33N3O4/c1-22-21-34(27(32-22)20-26(28(35)36)33-29(37)38-30(2,3)4)31(23-14-8-5-9-15-23,24-16-10-6-11-17-24)25-18-12-7-13-19-25/h5-19,21,26H,20H2,1-4H3,(H,33,37)(H,35,36)/t26-/m0/s1. The molecule has 1 amide bonds. The maximum Gasteiger partial charge on any atom is 0.408 e. The number of aryl methyl sites for hydroxylation is 1. The van der Waals surface area contributed by atoms with Gasteiger partial charge in [-0.3, -0.25) is 0 Å². The number of carboxylic acids is 1. The lowest BCUT2D eigenvalue weighted by atomic mass is 9.76. The summed E-state index contributed by atoms with van der Waals surface area (Å²) in [6.07, 6.45) is 1.10. The monoisotopic (exact) mass is 511 g/mol. The van der Waals surface area contributed by atoms with Gasteiger partial charge in [0.05, 0.1) is 5.69 Å². The van der Waals surface area contributed by atoms with Crippen molar-refractivity contribution in [1.29, 1.82) is 0 Å². The molecule has 38 heavy (non-hydrogen) atoms. The van der Waals surface area contributed by atoms with Crippen molar-refractivity contribution in [2.45, 2.75) is 51.3 Å². The molecule has 0 spiro atoms. The van der Waals surface area contributed by atoms with Gasteiger partial charge in [-0.2, -0.15) is 0 Å². The van der Waals surface area contributed by atoms with Gasteiger partial charge in [0, 0.05) is 12.6 Å². The zero-order valence-corrected chi connectivity index (χ0v) is 22.1. The molecule has 3 aromatic carbocycles. The highest BCUT2D eigenvalue weighted by molar-refractivity contribution is 5.80. The summed E-state index contributed by atoms with van der Waals surface area (Å²) in [5.41, 5.74) is 2.09. The second-order valence-corrected chi connectivity index (χ2v) is 10.2. The van der Waals surface area contributed by atoms with Crippen LogP contribution in [0.4, 0.5) is 4.79 Å².